The molecule has 2 aliphatic heterocycles. The maximum absolute atomic E-state index is 13.2. The summed E-state index contributed by atoms with van der Waals surface area (Å²) in [5, 5.41) is 1.07. The monoisotopic (exact) mass is 412 g/mol. The van der Waals surface area contributed by atoms with E-state index in [4.69, 9.17) is 4.98 Å². The number of carbonyl (C=O) groups is 1. The van der Waals surface area contributed by atoms with Crippen LogP contribution in [0, 0.1) is 5.92 Å². The highest BCUT2D eigenvalue weighted by Gasteiger charge is 2.33. The van der Waals surface area contributed by atoms with Crippen molar-refractivity contribution in [2.24, 2.45) is 5.92 Å². The summed E-state index contributed by atoms with van der Waals surface area (Å²) >= 11 is 1.75. The van der Waals surface area contributed by atoms with Crippen molar-refractivity contribution in [3.05, 3.63) is 24.3 Å². The summed E-state index contributed by atoms with van der Waals surface area (Å²) in [4.78, 5) is 25.2. The molecule has 1 atom stereocenters. The molecule has 1 aromatic heterocycles. The first-order valence-corrected chi connectivity index (χ1v) is 12.2. The molecule has 1 aliphatic carbocycles. The first-order valence-electron chi connectivity index (χ1n) is 11.4. The lowest BCUT2D eigenvalue weighted by atomic mass is 9.93. The normalized spacial score (nSPS) is 24.9. The molecular weight excluding hydrogens is 380 g/mol. The predicted molar refractivity (Wildman–Crippen MR) is 120 cm³/mol. The number of fused-ring (bicyclic) bond motifs is 1. The number of para-hydroxylation sites is 1. The van der Waals surface area contributed by atoms with Gasteiger partial charge < -0.3 is 9.80 Å². The Hall–Kier alpha value is -1.66. The van der Waals surface area contributed by atoms with Crippen LogP contribution in [0.15, 0.2) is 24.3 Å². The molecule has 1 saturated carbocycles. The molecular formula is C23H32N4OS. The Morgan fingerprint density at radius 1 is 0.931 bits per heavy atom. The van der Waals surface area contributed by atoms with Crippen molar-refractivity contribution in [2.75, 3.05) is 44.2 Å². The topological polar surface area (TPSA) is 39.7 Å². The number of aromatic nitrogens is 1. The summed E-state index contributed by atoms with van der Waals surface area (Å²) in [5.41, 5.74) is 1.07. The van der Waals surface area contributed by atoms with Crippen LogP contribution < -0.4 is 4.90 Å². The molecule has 1 unspecified atom stereocenters. The van der Waals surface area contributed by atoms with Gasteiger partial charge in [0, 0.05) is 45.3 Å². The number of rotatable bonds is 3. The van der Waals surface area contributed by atoms with Gasteiger partial charge in [0.15, 0.2) is 5.13 Å². The molecule has 5 rings (SSSR count). The fraction of sp³-hybridized carbons (Fsp3) is 0.652. The summed E-state index contributed by atoms with van der Waals surface area (Å²) in [7, 11) is 0. The number of piperidine rings is 1. The zero-order valence-corrected chi connectivity index (χ0v) is 18.1. The van der Waals surface area contributed by atoms with Crippen LogP contribution in [-0.4, -0.2) is 66.0 Å². The highest BCUT2D eigenvalue weighted by Crippen LogP contribution is 2.32. The Morgan fingerprint density at radius 2 is 1.72 bits per heavy atom. The Morgan fingerprint density at radius 3 is 2.52 bits per heavy atom. The number of hydrogen-bond donors (Lipinski definition) is 0. The van der Waals surface area contributed by atoms with Crippen molar-refractivity contribution in [1.82, 2.24) is 14.8 Å². The number of benzene rings is 1. The number of piperazine rings is 1. The van der Waals surface area contributed by atoms with Crippen LogP contribution in [-0.2, 0) is 4.79 Å². The van der Waals surface area contributed by atoms with Crippen LogP contribution in [0.25, 0.3) is 10.2 Å². The van der Waals surface area contributed by atoms with Crippen molar-refractivity contribution in [3.63, 3.8) is 0 Å². The minimum absolute atomic E-state index is 0.122. The number of thiazole rings is 1. The fourth-order valence-corrected chi connectivity index (χ4v) is 6.36. The molecule has 0 spiro atoms. The quantitative estimate of drug-likeness (QED) is 0.764. The van der Waals surface area contributed by atoms with Crippen molar-refractivity contribution >= 4 is 32.6 Å². The van der Waals surface area contributed by atoms with Crippen LogP contribution in [0.1, 0.15) is 44.9 Å². The zero-order valence-electron chi connectivity index (χ0n) is 17.3. The summed E-state index contributed by atoms with van der Waals surface area (Å²) in [6.45, 7) is 5.77. The second-order valence-electron chi connectivity index (χ2n) is 8.90. The first kappa shape index (κ1) is 19.3. The van der Waals surface area contributed by atoms with Gasteiger partial charge in [-0.05, 0) is 37.8 Å². The number of anilines is 1. The van der Waals surface area contributed by atoms with Gasteiger partial charge in [0.05, 0.1) is 16.1 Å². The molecule has 2 saturated heterocycles. The van der Waals surface area contributed by atoms with Gasteiger partial charge in [-0.1, -0.05) is 42.7 Å². The average Bonchev–Trinajstić information content (AvgIpc) is 3.24. The third-order valence-corrected chi connectivity index (χ3v) is 8.14. The second kappa shape index (κ2) is 8.60. The van der Waals surface area contributed by atoms with Crippen molar-refractivity contribution in [1.29, 1.82) is 0 Å². The van der Waals surface area contributed by atoms with E-state index in [1.54, 1.807) is 11.3 Å². The molecule has 0 radical (unpaired) electrons. The second-order valence-corrected chi connectivity index (χ2v) is 9.91. The molecule has 29 heavy (non-hydrogen) atoms. The lowest BCUT2D eigenvalue weighted by Crippen LogP contribution is -2.54. The smallest absolute Gasteiger partial charge is 0.227 e. The van der Waals surface area contributed by atoms with Gasteiger partial charge in [-0.25, -0.2) is 4.98 Å². The van der Waals surface area contributed by atoms with E-state index >= 15 is 0 Å². The summed E-state index contributed by atoms with van der Waals surface area (Å²) < 4.78 is 1.23. The zero-order chi connectivity index (χ0) is 19.6. The van der Waals surface area contributed by atoms with Crippen molar-refractivity contribution < 1.29 is 4.79 Å². The number of hydrogen-bond acceptors (Lipinski definition) is 5. The minimum Gasteiger partial charge on any atom is -0.347 e. The van der Waals surface area contributed by atoms with Gasteiger partial charge in [-0.15, -0.1) is 0 Å². The molecule has 156 valence electrons. The van der Waals surface area contributed by atoms with E-state index in [9.17, 15) is 4.79 Å². The predicted octanol–water partition coefficient (Wildman–Crippen LogP) is 3.99. The van der Waals surface area contributed by atoms with Crippen LogP contribution in [0.2, 0.25) is 0 Å². The molecule has 3 fully saturated rings. The molecule has 0 bridgehead atoms. The van der Waals surface area contributed by atoms with Gasteiger partial charge in [0.2, 0.25) is 5.91 Å². The van der Waals surface area contributed by atoms with Gasteiger partial charge in [0.1, 0.15) is 0 Å². The lowest BCUT2D eigenvalue weighted by molar-refractivity contribution is -0.138. The van der Waals surface area contributed by atoms with Gasteiger partial charge in [-0.2, -0.15) is 0 Å². The number of nitrogens with zero attached hydrogens (tertiary/aromatic N) is 4. The molecule has 6 heteroatoms. The first-order chi connectivity index (χ1) is 14.3. The highest BCUT2D eigenvalue weighted by atomic mass is 32.1. The minimum atomic E-state index is 0.122. The summed E-state index contributed by atoms with van der Waals surface area (Å²) in [5.74, 6) is 0.496. The third-order valence-electron chi connectivity index (χ3n) is 7.04. The summed E-state index contributed by atoms with van der Waals surface area (Å²) in [6, 6.07) is 9.09. The maximum atomic E-state index is 13.2. The van der Waals surface area contributed by atoms with E-state index in [1.165, 1.54) is 36.8 Å². The van der Waals surface area contributed by atoms with Crippen LogP contribution in [0.5, 0.6) is 0 Å². The Bertz CT molecular complexity index is 805. The Kier molecular flexibility index (Phi) is 5.73. The Balaban J connectivity index is 1.19. The molecule has 1 amide bonds. The third kappa shape index (κ3) is 4.15. The van der Waals surface area contributed by atoms with Crippen LogP contribution >= 0.6 is 11.3 Å². The van der Waals surface area contributed by atoms with Crippen molar-refractivity contribution in [2.45, 2.75) is 51.0 Å². The molecule has 0 N–H and O–H groups in total. The fourth-order valence-electron chi connectivity index (χ4n) is 5.36. The molecule has 5 nitrogen and oxygen atoms in total. The largest absolute Gasteiger partial charge is 0.347 e. The van der Waals surface area contributed by atoms with E-state index in [-0.39, 0.29) is 5.92 Å². The lowest BCUT2D eigenvalue weighted by Gasteiger charge is -2.42. The van der Waals surface area contributed by atoms with E-state index in [0.717, 1.165) is 68.8 Å². The Labute approximate surface area is 177 Å². The highest BCUT2D eigenvalue weighted by molar-refractivity contribution is 7.22. The van der Waals surface area contributed by atoms with Gasteiger partial charge in [0.25, 0.3) is 0 Å². The van der Waals surface area contributed by atoms with E-state index < -0.39 is 0 Å². The average molecular weight is 413 g/mol. The van der Waals surface area contributed by atoms with Crippen molar-refractivity contribution in [3.8, 4) is 0 Å². The van der Waals surface area contributed by atoms with E-state index in [0.29, 0.717) is 5.91 Å². The van der Waals surface area contributed by atoms with Crippen LogP contribution in [0.4, 0.5) is 5.13 Å². The van der Waals surface area contributed by atoms with Gasteiger partial charge >= 0.3 is 0 Å². The number of amides is 1. The van der Waals surface area contributed by atoms with Crippen LogP contribution in [0.3, 0.4) is 0 Å². The SMILES string of the molecule is O=C(C1CCCN(c2nc3ccccc3s2)C1)N1CCN(C2CCCCC2)CC1. The summed E-state index contributed by atoms with van der Waals surface area (Å²) in [6.07, 6.45) is 8.97. The van der Waals surface area contributed by atoms with E-state index in [2.05, 4.69) is 32.9 Å². The molecule has 3 aliphatic rings. The van der Waals surface area contributed by atoms with E-state index in [1.807, 2.05) is 6.07 Å². The maximum Gasteiger partial charge on any atom is 0.227 e. The number of carbonyl (C=O) groups excluding carboxylic acids is 1. The van der Waals surface area contributed by atoms with Gasteiger partial charge in [-0.3, -0.25) is 9.69 Å². The standard InChI is InChI=1S/C23H32N4OS/c28-22(26-15-13-25(14-16-26)19-8-2-1-3-9-19)18-7-6-12-27(17-18)23-24-20-10-4-5-11-21(20)29-23/h4-5,10-11,18-19H,1-3,6-9,12-17H2. The molecule has 3 heterocycles. The molecule has 1 aromatic carbocycles. The molecule has 2 aromatic rings.